The second-order valence-electron chi connectivity index (χ2n) is 20.6. The summed E-state index contributed by atoms with van der Waals surface area (Å²) in [6, 6.07) is 91.7. The Morgan fingerprint density at radius 3 is 1.74 bits per heavy atom. The number of hydrogen-bond donors (Lipinski definition) is 0. The van der Waals surface area contributed by atoms with Gasteiger partial charge < -0.3 is 13.9 Å². The predicted molar refractivity (Wildman–Crippen MR) is 317 cm³/mol. The third-order valence-corrected chi connectivity index (χ3v) is 16.6. The van der Waals surface area contributed by atoms with Crippen LogP contribution in [0.3, 0.4) is 0 Å². The molecule has 1 spiro atoms. The van der Waals surface area contributed by atoms with Gasteiger partial charge in [-0.1, -0.05) is 206 Å². The molecule has 11 aromatic carbocycles. The molecule has 0 radical (unpaired) electrons. The van der Waals surface area contributed by atoms with Crippen molar-refractivity contribution in [2.75, 3.05) is 4.90 Å². The monoisotopic (exact) mass is 968 g/mol. The van der Waals surface area contributed by atoms with E-state index < -0.39 is 5.41 Å². The molecule has 3 aliphatic rings. The molecule has 13 aromatic rings. The van der Waals surface area contributed by atoms with Gasteiger partial charge in [-0.15, -0.1) is 0 Å². The maximum atomic E-state index is 7.01. The first-order valence-electron chi connectivity index (χ1n) is 26.6. The van der Waals surface area contributed by atoms with Crippen LogP contribution in [-0.4, -0.2) is 4.57 Å². The third-order valence-electron chi connectivity index (χ3n) is 16.6. The van der Waals surface area contributed by atoms with Crippen LogP contribution in [0, 0.1) is 0 Å². The van der Waals surface area contributed by atoms with E-state index in [0.29, 0.717) is 0 Å². The highest BCUT2D eigenvalue weighted by molar-refractivity contribution is 6.18. The van der Waals surface area contributed by atoms with Gasteiger partial charge in [0.15, 0.2) is 0 Å². The second-order valence-corrected chi connectivity index (χ2v) is 20.6. The van der Waals surface area contributed by atoms with Crippen molar-refractivity contribution in [3.8, 4) is 55.6 Å². The van der Waals surface area contributed by atoms with Gasteiger partial charge in [0, 0.05) is 49.9 Å². The van der Waals surface area contributed by atoms with Gasteiger partial charge in [-0.3, -0.25) is 0 Å². The number of aromatic nitrogens is 1. The van der Waals surface area contributed by atoms with E-state index in [1.165, 1.54) is 88.5 Å². The zero-order valence-electron chi connectivity index (χ0n) is 41.6. The Bertz CT molecular complexity index is 4520. The molecule has 0 N–H and O–H groups in total. The first-order chi connectivity index (χ1) is 37.7. The molecule has 0 fully saturated rings. The van der Waals surface area contributed by atoms with Crippen molar-refractivity contribution in [2.45, 2.75) is 18.3 Å². The van der Waals surface area contributed by atoms with Crippen LogP contribution >= 0.6 is 0 Å². The topological polar surface area (TPSA) is 21.3 Å². The largest absolute Gasteiger partial charge is 0.455 e. The number of nitrogens with zero attached hydrogens (tertiary/aromatic N) is 2. The SMILES string of the molecule is C1=CC(n2c3ccccc3c3cc(N(c4ccc(-c5ccccc5)cc4)c4cccc(-c5ccc(-c6cccc7c6oc6ccc8c(c67)-c6ccccc6C86c7ccccc7-c7ccccc76)cc5)c4)ccc32)=CCC1. The Labute approximate surface area is 441 Å². The van der Waals surface area contributed by atoms with E-state index in [1.54, 1.807) is 0 Å². The average Bonchev–Trinajstić information content (AvgIpc) is 4.32. The molecule has 0 saturated carbocycles. The van der Waals surface area contributed by atoms with E-state index in [2.05, 4.69) is 276 Å². The molecule has 0 bridgehead atoms. The van der Waals surface area contributed by atoms with E-state index in [9.17, 15) is 0 Å². The summed E-state index contributed by atoms with van der Waals surface area (Å²) in [5.41, 5.74) is 25.7. The molecule has 356 valence electrons. The zero-order chi connectivity index (χ0) is 49.9. The van der Waals surface area contributed by atoms with Crippen LogP contribution in [0.5, 0.6) is 0 Å². The lowest BCUT2D eigenvalue weighted by Crippen LogP contribution is -2.25. The summed E-state index contributed by atoms with van der Waals surface area (Å²) in [4.78, 5) is 2.40. The van der Waals surface area contributed by atoms with Crippen LogP contribution in [0.1, 0.15) is 35.1 Å². The predicted octanol–water partition coefficient (Wildman–Crippen LogP) is 19.7. The summed E-state index contributed by atoms with van der Waals surface area (Å²) >= 11 is 0. The summed E-state index contributed by atoms with van der Waals surface area (Å²) in [6.07, 6.45) is 9.06. The minimum atomic E-state index is -0.411. The van der Waals surface area contributed by atoms with Crippen LogP contribution in [0.2, 0.25) is 0 Å². The molecule has 3 aliphatic carbocycles. The number of rotatable bonds is 7. The molecule has 16 rings (SSSR count). The molecule has 3 nitrogen and oxygen atoms in total. The van der Waals surface area contributed by atoms with Crippen molar-refractivity contribution in [1.82, 2.24) is 4.57 Å². The normalized spacial score (nSPS) is 13.8. The van der Waals surface area contributed by atoms with Crippen LogP contribution < -0.4 is 4.90 Å². The molecular weight excluding hydrogens is 921 g/mol. The van der Waals surface area contributed by atoms with Crippen LogP contribution in [0.4, 0.5) is 17.1 Å². The van der Waals surface area contributed by atoms with Crippen LogP contribution in [-0.2, 0) is 5.41 Å². The van der Waals surface area contributed by atoms with Gasteiger partial charge in [-0.25, -0.2) is 0 Å². The minimum Gasteiger partial charge on any atom is -0.455 e. The molecule has 0 saturated heterocycles. The van der Waals surface area contributed by atoms with E-state index >= 15 is 0 Å². The molecule has 0 atom stereocenters. The molecule has 2 aromatic heterocycles. The number of hydrogen-bond acceptors (Lipinski definition) is 2. The van der Waals surface area contributed by atoms with Crippen LogP contribution in [0.25, 0.3) is 105 Å². The van der Waals surface area contributed by atoms with Gasteiger partial charge in [0.25, 0.3) is 0 Å². The second kappa shape index (κ2) is 16.7. The Morgan fingerprint density at radius 2 is 0.961 bits per heavy atom. The quantitative estimate of drug-likeness (QED) is 0.159. The van der Waals surface area contributed by atoms with E-state index in [-0.39, 0.29) is 0 Å². The lowest BCUT2D eigenvalue weighted by Gasteiger charge is -2.30. The number of benzene rings is 11. The molecule has 0 aliphatic heterocycles. The van der Waals surface area contributed by atoms with Crippen molar-refractivity contribution >= 4 is 66.5 Å². The van der Waals surface area contributed by atoms with Gasteiger partial charge in [0.2, 0.25) is 0 Å². The Hall–Kier alpha value is -9.70. The van der Waals surface area contributed by atoms with Crippen molar-refractivity contribution < 1.29 is 4.42 Å². The van der Waals surface area contributed by atoms with Gasteiger partial charge in [-0.05, 0) is 146 Å². The van der Waals surface area contributed by atoms with Crippen molar-refractivity contribution in [3.63, 3.8) is 0 Å². The summed E-state index contributed by atoms with van der Waals surface area (Å²) < 4.78 is 9.44. The van der Waals surface area contributed by atoms with Gasteiger partial charge >= 0.3 is 0 Å². The highest BCUT2D eigenvalue weighted by Crippen LogP contribution is 2.64. The van der Waals surface area contributed by atoms with E-state index in [0.717, 1.165) is 68.7 Å². The maximum absolute atomic E-state index is 7.01. The molecule has 0 unspecified atom stereocenters. The Balaban J connectivity index is 0.796. The van der Waals surface area contributed by atoms with E-state index in [4.69, 9.17) is 4.42 Å². The van der Waals surface area contributed by atoms with Crippen molar-refractivity contribution in [2.24, 2.45) is 0 Å². The first-order valence-corrected chi connectivity index (χ1v) is 26.6. The van der Waals surface area contributed by atoms with Gasteiger partial charge in [0.05, 0.1) is 16.4 Å². The molecule has 76 heavy (non-hydrogen) atoms. The maximum Gasteiger partial charge on any atom is 0.143 e. The van der Waals surface area contributed by atoms with Crippen molar-refractivity contribution in [3.05, 3.63) is 289 Å². The summed E-state index contributed by atoms with van der Waals surface area (Å²) in [6.45, 7) is 0. The fraction of sp³-hybridized carbons (Fsp3) is 0.0411. The fourth-order valence-electron chi connectivity index (χ4n) is 13.4. The molecule has 3 heteroatoms. The number of furan rings is 1. The molecule has 0 amide bonds. The number of para-hydroxylation sites is 2. The fourth-order valence-corrected chi connectivity index (χ4v) is 13.4. The van der Waals surface area contributed by atoms with Crippen molar-refractivity contribution in [1.29, 1.82) is 0 Å². The Kier molecular flexibility index (Phi) is 9.38. The minimum absolute atomic E-state index is 0.411. The Morgan fingerprint density at radius 1 is 0.382 bits per heavy atom. The highest BCUT2D eigenvalue weighted by atomic mass is 16.3. The third kappa shape index (κ3) is 6.17. The molecular formula is C73H48N2O. The van der Waals surface area contributed by atoms with Gasteiger partial charge in [-0.2, -0.15) is 0 Å². The standard InChI is InChI=1S/C73H48N2O/c1-3-17-47(18-4-1)48-37-39-53(40-38-48)74(55-41-43-68-62(46-55)59-25-10-14-32-67(59)75(68)52-20-5-2-6-21-52)54-22-15-19-51(45-54)49-33-35-50(36-34-49)56-27-16-28-61-71-69(76-72(56)61)44-42-66-70(71)60-26-9-13-31-65(60)73(66)63-29-11-7-23-57(63)58-24-8-12-30-64(58)73/h1,3-5,7-46H,2,6H2. The smallest absolute Gasteiger partial charge is 0.143 e. The highest BCUT2D eigenvalue weighted by Gasteiger charge is 2.52. The summed E-state index contributed by atoms with van der Waals surface area (Å²) in [5.74, 6) is 0. The molecule has 2 heterocycles. The average molecular weight is 969 g/mol. The van der Waals surface area contributed by atoms with Crippen LogP contribution in [0.15, 0.2) is 271 Å². The summed E-state index contributed by atoms with van der Waals surface area (Å²) in [7, 11) is 0. The number of anilines is 3. The summed E-state index contributed by atoms with van der Waals surface area (Å²) in [5, 5.41) is 4.79. The number of allylic oxidation sites excluding steroid dienone is 4. The lowest BCUT2D eigenvalue weighted by molar-refractivity contribution is 0.669. The van der Waals surface area contributed by atoms with E-state index in [1.807, 2.05) is 0 Å². The lowest BCUT2D eigenvalue weighted by atomic mass is 9.70. The first kappa shape index (κ1) is 42.8. The van der Waals surface area contributed by atoms with Gasteiger partial charge in [0.1, 0.15) is 11.2 Å². The zero-order valence-corrected chi connectivity index (χ0v) is 41.6. The number of fused-ring (bicyclic) bond motifs is 17.